The molecule has 14 N–H and O–H groups in total. The van der Waals surface area contributed by atoms with Crippen LogP contribution >= 0.6 is 0 Å². The van der Waals surface area contributed by atoms with Crippen molar-refractivity contribution in [2.45, 2.75) is 98.5 Å². The maximum atomic E-state index is 10.4. The first-order valence-corrected chi connectivity index (χ1v) is 16.9. The van der Waals surface area contributed by atoms with Crippen LogP contribution in [0.2, 0.25) is 0 Å². The number of aliphatic hydroxyl groups excluding tert-OH is 5. The van der Waals surface area contributed by atoms with Crippen molar-refractivity contribution in [2.75, 3.05) is 46.9 Å². The third-order valence-electron chi connectivity index (χ3n) is 6.02. The van der Waals surface area contributed by atoms with E-state index >= 15 is 0 Å². The molecule has 0 aliphatic carbocycles. The summed E-state index contributed by atoms with van der Waals surface area (Å²) >= 11 is 0. The van der Waals surface area contributed by atoms with Crippen LogP contribution in [0.25, 0.3) is 0 Å². The van der Waals surface area contributed by atoms with E-state index in [0.717, 1.165) is 19.4 Å². The number of likely N-dealkylation sites (N-methyl/N-ethyl adjacent to an activating group) is 2. The van der Waals surface area contributed by atoms with Crippen molar-refractivity contribution in [3.8, 4) is 0 Å². The van der Waals surface area contributed by atoms with E-state index in [-0.39, 0.29) is 54.8 Å². The summed E-state index contributed by atoms with van der Waals surface area (Å²) in [6, 6.07) is -0.269. The van der Waals surface area contributed by atoms with Crippen molar-refractivity contribution < 1.29 is 74.7 Å². The fraction of sp³-hybridized carbons (Fsp3) is 0.750. The molecule has 0 aromatic carbocycles. The molecule has 3 heterocycles. The predicted molar refractivity (Wildman–Crippen MR) is 197 cm³/mol. The van der Waals surface area contributed by atoms with Gasteiger partial charge in [0.2, 0.25) is 11.8 Å². The lowest BCUT2D eigenvalue weighted by Crippen LogP contribution is -2.29. The lowest BCUT2D eigenvalue weighted by atomic mass is 10.1. The number of aliphatic hydroxyl groups is 5. The number of carboxylic acid groups (broad SMARTS) is 4. The van der Waals surface area contributed by atoms with E-state index in [0.29, 0.717) is 25.9 Å². The summed E-state index contributed by atoms with van der Waals surface area (Å²) in [5.74, 6) is -4.38. The van der Waals surface area contributed by atoms with Gasteiger partial charge in [0.05, 0.1) is 13.1 Å². The normalized spacial score (nSPS) is 16.7. The molecule has 4 unspecified atom stereocenters. The number of nitrogens with zero attached hydrogens (tertiary/aromatic N) is 2. The van der Waals surface area contributed by atoms with Gasteiger partial charge in [-0.2, -0.15) is 0 Å². The smallest absolute Gasteiger partial charge is 0.332 e. The number of aliphatic carboxylic acids is 4. The van der Waals surface area contributed by atoms with Gasteiger partial charge in [0.25, 0.3) is 0 Å². The number of hydrogen-bond acceptors (Lipinski definition) is 14. The highest BCUT2D eigenvalue weighted by Gasteiger charge is 2.21. The first-order chi connectivity index (χ1) is 24.8. The van der Waals surface area contributed by atoms with E-state index in [4.69, 9.17) is 56.8 Å². The fourth-order valence-electron chi connectivity index (χ4n) is 2.99. The van der Waals surface area contributed by atoms with Crippen LogP contribution in [0.5, 0.6) is 0 Å². The number of guanidine groups is 2. The van der Waals surface area contributed by atoms with Gasteiger partial charge < -0.3 is 61.1 Å². The molecule has 0 bridgehead atoms. The van der Waals surface area contributed by atoms with Gasteiger partial charge in [-0.3, -0.25) is 35.8 Å². The Morgan fingerprint density at radius 2 is 1.06 bits per heavy atom. The van der Waals surface area contributed by atoms with Crippen LogP contribution in [0.15, 0.2) is 0 Å². The van der Waals surface area contributed by atoms with Gasteiger partial charge >= 0.3 is 23.9 Å². The Labute approximate surface area is 316 Å². The molecule has 0 spiro atoms. The molecule has 0 aromatic rings. The third kappa shape index (κ3) is 35.9. The molecule has 3 saturated heterocycles. The van der Waals surface area contributed by atoms with Gasteiger partial charge in [-0.15, -0.1) is 0 Å². The summed E-state index contributed by atoms with van der Waals surface area (Å²) in [6.45, 7) is 13.8. The molecule has 0 saturated carbocycles. The summed E-state index contributed by atoms with van der Waals surface area (Å²) in [5, 5.41) is 95.0. The summed E-state index contributed by atoms with van der Waals surface area (Å²) in [7, 11) is 3.39. The molecule has 0 aromatic heterocycles. The molecule has 3 rings (SSSR count). The minimum Gasteiger partial charge on any atom is -0.480 e. The molecular formula is C32H65N7O15. The molecule has 22 nitrogen and oxygen atoms in total. The van der Waals surface area contributed by atoms with Crippen molar-refractivity contribution in [3.05, 3.63) is 0 Å². The maximum Gasteiger partial charge on any atom is 0.332 e. The number of carbonyl (C=O) groups excluding carboxylic acids is 2. The number of nitrogens with one attached hydrogen (secondary N) is 5. The first-order valence-electron chi connectivity index (χ1n) is 16.9. The quantitative estimate of drug-likeness (QED) is 0.129. The van der Waals surface area contributed by atoms with E-state index in [1.165, 1.54) is 0 Å². The van der Waals surface area contributed by atoms with Crippen LogP contribution in [0.3, 0.4) is 0 Å². The highest BCUT2D eigenvalue weighted by Crippen LogP contribution is 2.03. The highest BCUT2D eigenvalue weighted by atomic mass is 16.4. The van der Waals surface area contributed by atoms with E-state index in [1.807, 2.05) is 6.92 Å². The molecule has 4 atom stereocenters. The number of rotatable bonds is 8. The van der Waals surface area contributed by atoms with Crippen molar-refractivity contribution in [1.82, 2.24) is 25.8 Å². The lowest BCUT2D eigenvalue weighted by Gasteiger charge is -2.06. The second-order valence-electron chi connectivity index (χ2n) is 11.8. The molecule has 54 heavy (non-hydrogen) atoms. The zero-order chi connectivity index (χ0) is 43.7. The van der Waals surface area contributed by atoms with Crippen LogP contribution in [-0.4, -0.2) is 175 Å². The molecule has 2 amide bonds. The van der Waals surface area contributed by atoms with Crippen LogP contribution in [0.4, 0.5) is 0 Å². The Morgan fingerprint density at radius 3 is 1.13 bits per heavy atom. The van der Waals surface area contributed by atoms with Gasteiger partial charge in [0, 0.05) is 27.3 Å². The minimum atomic E-state index is -1.21. The lowest BCUT2D eigenvalue weighted by molar-refractivity contribution is -0.149. The molecule has 3 fully saturated rings. The molecule has 3 aliphatic heterocycles. The molecule has 22 heteroatoms. The zero-order valence-corrected chi connectivity index (χ0v) is 32.7. The van der Waals surface area contributed by atoms with Gasteiger partial charge in [-0.05, 0) is 51.5 Å². The highest BCUT2D eigenvalue weighted by molar-refractivity contribution is 6.03. The maximum absolute atomic E-state index is 10.4. The summed E-state index contributed by atoms with van der Waals surface area (Å²) in [4.78, 5) is 63.6. The van der Waals surface area contributed by atoms with E-state index in [9.17, 15) is 28.8 Å². The van der Waals surface area contributed by atoms with Crippen LogP contribution in [-0.2, 0) is 28.8 Å². The van der Waals surface area contributed by atoms with Gasteiger partial charge in [-0.1, -0.05) is 41.0 Å². The average molecular weight is 788 g/mol. The van der Waals surface area contributed by atoms with Crippen molar-refractivity contribution >= 4 is 47.6 Å². The molecular weight excluding hydrogens is 722 g/mol. The molecule has 0 radical (unpaired) electrons. The zero-order valence-electron chi connectivity index (χ0n) is 32.7. The Balaban J connectivity index is -0.000000173. The Kier molecular flexibility index (Phi) is 38.7. The van der Waals surface area contributed by atoms with Gasteiger partial charge in [0.15, 0.2) is 30.2 Å². The SMILES string of the molecule is CC(C)C(O)C(=O)O.CC(C)C(O)C(=O)O.CCCC(O)C(=O)O.CCO.CCO.CN1CC(=O)NC1=N.CN1CC(=O)NC1=N.O=C(O)C1CCCN1. The summed E-state index contributed by atoms with van der Waals surface area (Å²) in [6.07, 6.45) is -0.764. The summed E-state index contributed by atoms with van der Waals surface area (Å²) in [5.41, 5.74) is 0. The topological polar surface area (TPSA) is 375 Å². The van der Waals surface area contributed by atoms with Crippen molar-refractivity contribution in [3.63, 3.8) is 0 Å². The van der Waals surface area contributed by atoms with Gasteiger partial charge in [0.1, 0.15) is 6.04 Å². The minimum absolute atomic E-state index is 0.0995. The van der Waals surface area contributed by atoms with Crippen LogP contribution in [0.1, 0.15) is 74.1 Å². The number of amides is 2. The standard InChI is InChI=1S/C5H9NO2.3C5H10O3.2C4H7N3O.2C2H6O/c7-5(8)4-2-1-3-6-4;2*1-3(2)4(6)5(7)8;1-2-3-4(6)5(7)8;2*1-7-2-3(8)6-4(7)5;2*1-2-3/h4,6H,1-3H2,(H,7,8);2*3-4,6H,1-2H3,(H,7,8);4,6H,2-3H2,1H3,(H,7,8);2*2H2,1H3,(H2,5,6,8);2*3H,2H2,1H3. The van der Waals surface area contributed by atoms with E-state index in [2.05, 4.69) is 16.0 Å². The average Bonchev–Trinajstić information content (AvgIpc) is 3.78. The number of carboxylic acids is 4. The Morgan fingerprint density at radius 1 is 0.722 bits per heavy atom. The summed E-state index contributed by atoms with van der Waals surface area (Å²) < 4.78 is 0. The van der Waals surface area contributed by atoms with Crippen molar-refractivity contribution in [2.24, 2.45) is 11.8 Å². The van der Waals surface area contributed by atoms with E-state index < -0.39 is 42.2 Å². The van der Waals surface area contributed by atoms with Crippen LogP contribution in [0, 0.1) is 22.7 Å². The number of hydrogen-bond donors (Lipinski definition) is 14. The second kappa shape index (κ2) is 35.5. The monoisotopic (exact) mass is 787 g/mol. The third-order valence-corrected chi connectivity index (χ3v) is 6.02. The fourth-order valence-corrected chi connectivity index (χ4v) is 2.99. The second-order valence-corrected chi connectivity index (χ2v) is 11.8. The Hall–Kier alpha value is -4.48. The largest absolute Gasteiger partial charge is 0.480 e. The number of carbonyl (C=O) groups is 6. The van der Waals surface area contributed by atoms with Crippen LogP contribution < -0.4 is 16.0 Å². The Bertz CT molecular complexity index is 1030. The van der Waals surface area contributed by atoms with Crippen molar-refractivity contribution in [1.29, 1.82) is 10.8 Å². The first kappa shape index (κ1) is 58.8. The predicted octanol–water partition coefficient (Wildman–Crippen LogP) is -1.81. The van der Waals surface area contributed by atoms with E-state index in [1.54, 1.807) is 65.4 Å². The molecule has 318 valence electrons. The molecule has 3 aliphatic rings. The van der Waals surface area contributed by atoms with Gasteiger partial charge in [-0.25, -0.2) is 14.4 Å².